The predicted molar refractivity (Wildman–Crippen MR) is 46.8 cm³/mol. The molecule has 0 aromatic carbocycles. The summed E-state index contributed by atoms with van der Waals surface area (Å²) in [6, 6.07) is 1.55. The Morgan fingerprint density at radius 3 is 2.67 bits per heavy atom. The molecule has 0 spiro atoms. The molecule has 4 heteroatoms. The second kappa shape index (κ2) is 3.05. The minimum atomic E-state index is -0.342. The Kier molecular flexibility index (Phi) is 2.26. The normalized spacial score (nSPS) is 14.2. The first kappa shape index (κ1) is 8.90. The summed E-state index contributed by atoms with van der Waals surface area (Å²) in [6.45, 7) is 5.66. The average Bonchev–Trinajstić information content (AvgIpc) is 2.55. The molecule has 0 aliphatic heterocycles. The molecule has 0 fully saturated rings. The van der Waals surface area contributed by atoms with Crippen LogP contribution in [0, 0.1) is 4.91 Å². The fourth-order valence-electron chi connectivity index (χ4n) is 0.930. The number of aromatic nitrogens is 2. The van der Waals surface area contributed by atoms with Crippen molar-refractivity contribution in [3.63, 3.8) is 0 Å². The van der Waals surface area contributed by atoms with Gasteiger partial charge in [0, 0.05) is 12.4 Å². The maximum absolute atomic E-state index is 10.4. The Labute approximate surface area is 71.6 Å². The van der Waals surface area contributed by atoms with Crippen LogP contribution in [0.4, 0.5) is 0 Å². The first-order valence-corrected chi connectivity index (χ1v) is 3.91. The molecular formula is C8H13N3O. The quantitative estimate of drug-likeness (QED) is 0.644. The molecule has 0 saturated carbocycles. The standard InChI is InChI=1S/C8H13N3O/c1-7(10-12)8(2,3)11-6-4-5-9-11/h4-7H,1-3H3. The van der Waals surface area contributed by atoms with Gasteiger partial charge in [-0.25, -0.2) is 0 Å². The Balaban J connectivity index is 2.93. The zero-order chi connectivity index (χ0) is 9.19. The largest absolute Gasteiger partial charge is 0.265 e. The van der Waals surface area contributed by atoms with Crippen LogP contribution in [0.1, 0.15) is 20.8 Å². The summed E-state index contributed by atoms with van der Waals surface area (Å²) in [4.78, 5) is 10.4. The monoisotopic (exact) mass is 167 g/mol. The second-order valence-electron chi connectivity index (χ2n) is 3.39. The van der Waals surface area contributed by atoms with Gasteiger partial charge in [0.2, 0.25) is 0 Å². The molecule has 1 aromatic rings. The highest BCUT2D eigenvalue weighted by atomic mass is 16.3. The third kappa shape index (κ3) is 1.37. The van der Waals surface area contributed by atoms with Crippen LogP contribution in [-0.4, -0.2) is 15.8 Å². The van der Waals surface area contributed by atoms with E-state index in [1.165, 1.54) is 0 Å². The van der Waals surface area contributed by atoms with E-state index >= 15 is 0 Å². The molecule has 1 heterocycles. The van der Waals surface area contributed by atoms with E-state index in [4.69, 9.17) is 0 Å². The van der Waals surface area contributed by atoms with E-state index in [0.717, 1.165) is 0 Å². The van der Waals surface area contributed by atoms with E-state index in [9.17, 15) is 4.91 Å². The molecule has 4 nitrogen and oxygen atoms in total. The van der Waals surface area contributed by atoms with E-state index in [-0.39, 0.29) is 11.6 Å². The lowest BCUT2D eigenvalue weighted by molar-refractivity contribution is 0.269. The van der Waals surface area contributed by atoms with E-state index in [0.29, 0.717) is 0 Å². The molecular weight excluding hydrogens is 154 g/mol. The fraction of sp³-hybridized carbons (Fsp3) is 0.625. The Morgan fingerprint density at radius 1 is 1.58 bits per heavy atom. The number of nitrogens with zero attached hydrogens (tertiary/aromatic N) is 3. The zero-order valence-corrected chi connectivity index (χ0v) is 7.56. The summed E-state index contributed by atoms with van der Waals surface area (Å²) in [5, 5.41) is 7.08. The van der Waals surface area contributed by atoms with Gasteiger partial charge in [-0.1, -0.05) is 5.18 Å². The van der Waals surface area contributed by atoms with Gasteiger partial charge < -0.3 is 0 Å². The van der Waals surface area contributed by atoms with E-state index in [1.54, 1.807) is 17.8 Å². The third-order valence-electron chi connectivity index (χ3n) is 2.28. The lowest BCUT2D eigenvalue weighted by Crippen LogP contribution is -2.36. The fourth-order valence-corrected chi connectivity index (χ4v) is 0.930. The number of hydrogen-bond acceptors (Lipinski definition) is 3. The van der Waals surface area contributed by atoms with E-state index in [1.807, 2.05) is 26.1 Å². The van der Waals surface area contributed by atoms with Crippen molar-refractivity contribution in [1.82, 2.24) is 9.78 Å². The van der Waals surface area contributed by atoms with Crippen LogP contribution in [-0.2, 0) is 5.54 Å². The first-order valence-electron chi connectivity index (χ1n) is 3.91. The van der Waals surface area contributed by atoms with E-state index in [2.05, 4.69) is 10.3 Å². The van der Waals surface area contributed by atoms with Gasteiger partial charge in [-0.05, 0) is 26.8 Å². The smallest absolute Gasteiger partial charge is 0.114 e. The van der Waals surface area contributed by atoms with Gasteiger partial charge in [0.05, 0.1) is 5.54 Å². The van der Waals surface area contributed by atoms with Gasteiger partial charge in [-0.3, -0.25) is 4.68 Å². The Hall–Kier alpha value is -1.19. The van der Waals surface area contributed by atoms with Gasteiger partial charge in [0.1, 0.15) is 6.04 Å². The average molecular weight is 167 g/mol. The van der Waals surface area contributed by atoms with Crippen LogP contribution < -0.4 is 0 Å². The summed E-state index contributed by atoms with van der Waals surface area (Å²) in [5.74, 6) is 0. The number of nitroso groups, excluding NO2 is 1. The molecule has 0 aliphatic rings. The highest BCUT2D eigenvalue weighted by Crippen LogP contribution is 2.20. The van der Waals surface area contributed by atoms with Crippen LogP contribution in [0.5, 0.6) is 0 Å². The summed E-state index contributed by atoms with van der Waals surface area (Å²) >= 11 is 0. The number of rotatable bonds is 3. The van der Waals surface area contributed by atoms with Gasteiger partial charge in [0.25, 0.3) is 0 Å². The van der Waals surface area contributed by atoms with Crippen molar-refractivity contribution < 1.29 is 0 Å². The minimum absolute atomic E-state index is 0.280. The molecule has 66 valence electrons. The molecule has 1 atom stereocenters. The van der Waals surface area contributed by atoms with Gasteiger partial charge in [-0.2, -0.15) is 10.0 Å². The minimum Gasteiger partial charge on any atom is -0.265 e. The predicted octanol–water partition coefficient (Wildman–Crippen LogP) is 1.77. The van der Waals surface area contributed by atoms with Crippen molar-refractivity contribution in [3.8, 4) is 0 Å². The van der Waals surface area contributed by atoms with E-state index < -0.39 is 0 Å². The summed E-state index contributed by atoms with van der Waals surface area (Å²) in [5.41, 5.74) is -0.342. The molecule has 12 heavy (non-hydrogen) atoms. The number of hydrogen-bond donors (Lipinski definition) is 0. The highest BCUT2D eigenvalue weighted by Gasteiger charge is 2.28. The summed E-state index contributed by atoms with van der Waals surface area (Å²) in [7, 11) is 0. The van der Waals surface area contributed by atoms with Crippen molar-refractivity contribution in [3.05, 3.63) is 23.4 Å². The van der Waals surface area contributed by atoms with Crippen molar-refractivity contribution in [1.29, 1.82) is 0 Å². The van der Waals surface area contributed by atoms with Crippen LogP contribution >= 0.6 is 0 Å². The Bertz CT molecular complexity index is 253. The van der Waals surface area contributed by atoms with Crippen LogP contribution in [0.3, 0.4) is 0 Å². The van der Waals surface area contributed by atoms with Crippen molar-refractivity contribution in [2.75, 3.05) is 0 Å². The SMILES string of the molecule is CC(N=O)C(C)(C)n1cccn1. The maximum atomic E-state index is 10.4. The zero-order valence-electron chi connectivity index (χ0n) is 7.56. The Morgan fingerprint density at radius 2 is 2.25 bits per heavy atom. The molecule has 0 saturated heterocycles. The van der Waals surface area contributed by atoms with Crippen LogP contribution in [0.25, 0.3) is 0 Å². The molecule has 0 aliphatic carbocycles. The van der Waals surface area contributed by atoms with Gasteiger partial charge >= 0.3 is 0 Å². The highest BCUT2D eigenvalue weighted by molar-refractivity contribution is 4.91. The van der Waals surface area contributed by atoms with Crippen LogP contribution in [0.15, 0.2) is 23.6 Å². The summed E-state index contributed by atoms with van der Waals surface area (Å²) in [6.07, 6.45) is 3.53. The van der Waals surface area contributed by atoms with Crippen LogP contribution in [0.2, 0.25) is 0 Å². The van der Waals surface area contributed by atoms with Crippen molar-refractivity contribution in [2.45, 2.75) is 32.4 Å². The topological polar surface area (TPSA) is 47.2 Å². The summed E-state index contributed by atoms with van der Waals surface area (Å²) < 4.78 is 1.75. The third-order valence-corrected chi connectivity index (χ3v) is 2.28. The van der Waals surface area contributed by atoms with Crippen molar-refractivity contribution >= 4 is 0 Å². The molecule has 0 radical (unpaired) electrons. The second-order valence-corrected chi connectivity index (χ2v) is 3.39. The molecule has 1 rings (SSSR count). The maximum Gasteiger partial charge on any atom is 0.114 e. The van der Waals surface area contributed by atoms with Crippen molar-refractivity contribution in [2.24, 2.45) is 5.18 Å². The van der Waals surface area contributed by atoms with Gasteiger partial charge in [0.15, 0.2) is 0 Å². The molecule has 0 N–H and O–H groups in total. The molecule has 1 aromatic heterocycles. The molecule has 0 amide bonds. The lowest BCUT2D eigenvalue weighted by atomic mass is 9.97. The lowest BCUT2D eigenvalue weighted by Gasteiger charge is -2.27. The molecule has 1 unspecified atom stereocenters. The van der Waals surface area contributed by atoms with Gasteiger partial charge in [-0.15, -0.1) is 0 Å². The first-order chi connectivity index (χ1) is 5.59. The molecule has 0 bridgehead atoms.